The molecule has 0 bridgehead atoms. The highest BCUT2D eigenvalue weighted by atomic mass is 79.9. The third-order valence-electron chi connectivity index (χ3n) is 4.28. The molecule has 0 spiro atoms. The normalized spacial score (nSPS) is 22.9. The minimum Gasteiger partial charge on any atom is -0.379 e. The quantitative estimate of drug-likeness (QED) is 0.869. The zero-order valence-electron chi connectivity index (χ0n) is 13.5. The van der Waals surface area contributed by atoms with Crippen molar-refractivity contribution in [3.8, 4) is 0 Å². The molecular formula is C17H27BrN2O. The zero-order chi connectivity index (χ0) is 15.4. The van der Waals surface area contributed by atoms with Crippen LogP contribution in [0.5, 0.6) is 0 Å². The van der Waals surface area contributed by atoms with Crippen molar-refractivity contribution < 1.29 is 4.74 Å². The number of benzene rings is 1. The van der Waals surface area contributed by atoms with Gasteiger partial charge in [-0.2, -0.15) is 0 Å². The molecule has 1 aliphatic heterocycles. The van der Waals surface area contributed by atoms with E-state index in [1.807, 2.05) is 7.11 Å². The third kappa shape index (κ3) is 4.44. The van der Waals surface area contributed by atoms with E-state index in [1.54, 1.807) is 0 Å². The van der Waals surface area contributed by atoms with Crippen molar-refractivity contribution in [3.63, 3.8) is 0 Å². The Morgan fingerprint density at radius 3 is 2.86 bits per heavy atom. The van der Waals surface area contributed by atoms with Crippen LogP contribution < -0.4 is 10.2 Å². The fourth-order valence-electron chi connectivity index (χ4n) is 2.85. The van der Waals surface area contributed by atoms with Crippen molar-refractivity contribution in [2.24, 2.45) is 5.92 Å². The molecule has 1 aromatic carbocycles. The fraction of sp³-hybridized carbons (Fsp3) is 0.647. The standard InChI is InChI=1S/C17H27BrN2O/c1-12(2)19-10-14-5-6-15(18)9-16(14)20-8-7-13(3)17(11-20)21-4/h5-6,9,12-13,17,19H,7-8,10-11H2,1-4H3. The van der Waals surface area contributed by atoms with Gasteiger partial charge in [-0.1, -0.05) is 42.8 Å². The monoisotopic (exact) mass is 354 g/mol. The molecule has 2 rings (SSSR count). The lowest BCUT2D eigenvalue weighted by atomic mass is 9.95. The van der Waals surface area contributed by atoms with Gasteiger partial charge in [-0.05, 0) is 30.0 Å². The van der Waals surface area contributed by atoms with Gasteiger partial charge in [0.05, 0.1) is 6.10 Å². The van der Waals surface area contributed by atoms with E-state index in [1.165, 1.54) is 17.7 Å². The zero-order valence-corrected chi connectivity index (χ0v) is 15.1. The number of anilines is 1. The topological polar surface area (TPSA) is 24.5 Å². The van der Waals surface area contributed by atoms with Crippen molar-refractivity contribution in [1.82, 2.24) is 5.32 Å². The molecule has 118 valence electrons. The number of hydrogen-bond donors (Lipinski definition) is 1. The third-order valence-corrected chi connectivity index (χ3v) is 4.77. The summed E-state index contributed by atoms with van der Waals surface area (Å²) in [6.45, 7) is 9.64. The van der Waals surface area contributed by atoms with E-state index in [9.17, 15) is 0 Å². The van der Waals surface area contributed by atoms with Crippen LogP contribution in [0.15, 0.2) is 22.7 Å². The lowest BCUT2D eigenvalue weighted by Crippen LogP contribution is -2.44. The molecule has 3 nitrogen and oxygen atoms in total. The summed E-state index contributed by atoms with van der Waals surface area (Å²) in [4.78, 5) is 2.47. The predicted octanol–water partition coefficient (Wildman–Crippen LogP) is 3.81. The van der Waals surface area contributed by atoms with Crippen LogP contribution in [0, 0.1) is 5.92 Å². The van der Waals surface area contributed by atoms with Gasteiger partial charge in [-0.15, -0.1) is 0 Å². The van der Waals surface area contributed by atoms with Crippen LogP contribution in [0.4, 0.5) is 5.69 Å². The second kappa shape index (κ2) is 7.61. The van der Waals surface area contributed by atoms with E-state index in [2.05, 4.69) is 65.1 Å². The Morgan fingerprint density at radius 1 is 1.43 bits per heavy atom. The Balaban J connectivity index is 2.19. The summed E-state index contributed by atoms with van der Waals surface area (Å²) in [6.07, 6.45) is 1.51. The van der Waals surface area contributed by atoms with Gasteiger partial charge in [-0.25, -0.2) is 0 Å². The first-order chi connectivity index (χ1) is 10.0. The summed E-state index contributed by atoms with van der Waals surface area (Å²) in [5.41, 5.74) is 2.68. The highest BCUT2D eigenvalue weighted by Gasteiger charge is 2.27. The van der Waals surface area contributed by atoms with E-state index in [0.717, 1.165) is 24.1 Å². The van der Waals surface area contributed by atoms with Gasteiger partial charge in [0, 0.05) is 42.9 Å². The second-order valence-corrected chi connectivity index (χ2v) is 7.21. The maximum Gasteiger partial charge on any atom is 0.0772 e. The number of nitrogens with zero attached hydrogens (tertiary/aromatic N) is 1. The average molecular weight is 355 g/mol. The smallest absolute Gasteiger partial charge is 0.0772 e. The van der Waals surface area contributed by atoms with Gasteiger partial charge in [0.15, 0.2) is 0 Å². The molecule has 0 amide bonds. The van der Waals surface area contributed by atoms with Gasteiger partial charge in [0.2, 0.25) is 0 Å². The molecule has 0 saturated carbocycles. The number of nitrogens with one attached hydrogen (secondary N) is 1. The molecule has 21 heavy (non-hydrogen) atoms. The molecule has 1 fully saturated rings. The van der Waals surface area contributed by atoms with Crippen LogP contribution >= 0.6 is 15.9 Å². The first kappa shape index (κ1) is 16.8. The molecule has 1 heterocycles. The summed E-state index contributed by atoms with van der Waals surface area (Å²) >= 11 is 3.61. The predicted molar refractivity (Wildman–Crippen MR) is 92.9 cm³/mol. The number of methoxy groups -OCH3 is 1. The van der Waals surface area contributed by atoms with Crippen LogP contribution in [-0.2, 0) is 11.3 Å². The first-order valence-electron chi connectivity index (χ1n) is 7.80. The Bertz CT molecular complexity index is 464. The highest BCUT2D eigenvalue weighted by molar-refractivity contribution is 9.10. The number of halogens is 1. The second-order valence-electron chi connectivity index (χ2n) is 6.29. The van der Waals surface area contributed by atoms with Crippen LogP contribution in [0.1, 0.15) is 32.8 Å². The van der Waals surface area contributed by atoms with Gasteiger partial charge in [0.25, 0.3) is 0 Å². The van der Waals surface area contributed by atoms with Crippen molar-refractivity contribution in [1.29, 1.82) is 0 Å². The summed E-state index contributed by atoms with van der Waals surface area (Å²) in [5, 5.41) is 3.52. The minimum absolute atomic E-state index is 0.323. The number of rotatable bonds is 5. The molecule has 0 aromatic heterocycles. The highest BCUT2D eigenvalue weighted by Crippen LogP contribution is 2.30. The number of ether oxygens (including phenoxy) is 1. The summed E-state index contributed by atoms with van der Waals surface area (Å²) in [5.74, 6) is 0.635. The summed E-state index contributed by atoms with van der Waals surface area (Å²) in [7, 11) is 1.83. The molecule has 0 radical (unpaired) electrons. The maximum atomic E-state index is 5.65. The molecular weight excluding hydrogens is 328 g/mol. The van der Waals surface area contributed by atoms with Gasteiger partial charge >= 0.3 is 0 Å². The fourth-order valence-corrected chi connectivity index (χ4v) is 3.20. The molecule has 2 unspecified atom stereocenters. The van der Waals surface area contributed by atoms with E-state index < -0.39 is 0 Å². The molecule has 1 saturated heterocycles. The molecule has 4 heteroatoms. The number of hydrogen-bond acceptors (Lipinski definition) is 3. The largest absolute Gasteiger partial charge is 0.379 e. The van der Waals surface area contributed by atoms with Crippen molar-refractivity contribution >= 4 is 21.6 Å². The van der Waals surface area contributed by atoms with Crippen molar-refractivity contribution in [2.75, 3.05) is 25.1 Å². The van der Waals surface area contributed by atoms with Crippen molar-refractivity contribution in [2.45, 2.75) is 45.9 Å². The maximum absolute atomic E-state index is 5.65. The minimum atomic E-state index is 0.323. The number of piperidine rings is 1. The Morgan fingerprint density at radius 2 is 2.19 bits per heavy atom. The Kier molecular flexibility index (Phi) is 6.08. The molecule has 1 N–H and O–H groups in total. The van der Waals surface area contributed by atoms with E-state index in [4.69, 9.17) is 4.74 Å². The lowest BCUT2D eigenvalue weighted by Gasteiger charge is -2.38. The van der Waals surface area contributed by atoms with Gasteiger partial charge in [-0.3, -0.25) is 0 Å². The van der Waals surface area contributed by atoms with E-state index >= 15 is 0 Å². The van der Waals surface area contributed by atoms with Crippen LogP contribution in [0.3, 0.4) is 0 Å². The Labute approximate surface area is 137 Å². The molecule has 1 aliphatic rings. The van der Waals surface area contributed by atoms with Crippen LogP contribution in [0.2, 0.25) is 0 Å². The SMILES string of the molecule is COC1CN(c2cc(Br)ccc2CNC(C)C)CCC1C. The van der Waals surface area contributed by atoms with E-state index in [0.29, 0.717) is 18.1 Å². The molecule has 2 atom stereocenters. The van der Waals surface area contributed by atoms with Gasteiger partial charge < -0.3 is 15.0 Å². The first-order valence-corrected chi connectivity index (χ1v) is 8.60. The van der Waals surface area contributed by atoms with Gasteiger partial charge in [0.1, 0.15) is 0 Å². The average Bonchev–Trinajstić information content (AvgIpc) is 2.46. The van der Waals surface area contributed by atoms with Crippen LogP contribution in [-0.4, -0.2) is 32.3 Å². The van der Waals surface area contributed by atoms with Crippen LogP contribution in [0.25, 0.3) is 0 Å². The molecule has 1 aromatic rings. The van der Waals surface area contributed by atoms with Crippen molar-refractivity contribution in [3.05, 3.63) is 28.2 Å². The lowest BCUT2D eigenvalue weighted by molar-refractivity contribution is 0.0498. The summed E-state index contributed by atoms with van der Waals surface area (Å²) in [6, 6.07) is 7.07. The van der Waals surface area contributed by atoms with E-state index in [-0.39, 0.29) is 0 Å². The summed E-state index contributed by atoms with van der Waals surface area (Å²) < 4.78 is 6.79. The Hall–Kier alpha value is -0.580. The molecule has 0 aliphatic carbocycles.